The van der Waals surface area contributed by atoms with Crippen LogP contribution >= 0.6 is 12.4 Å². The van der Waals surface area contributed by atoms with Crippen molar-refractivity contribution in [2.75, 3.05) is 33.2 Å². The van der Waals surface area contributed by atoms with E-state index < -0.39 is 0 Å². The van der Waals surface area contributed by atoms with Crippen molar-refractivity contribution in [2.24, 2.45) is 11.7 Å². The summed E-state index contributed by atoms with van der Waals surface area (Å²) >= 11 is 0. The number of carbonyl (C=O) groups excluding carboxylic acids is 1. The van der Waals surface area contributed by atoms with E-state index in [4.69, 9.17) is 5.73 Å². The van der Waals surface area contributed by atoms with E-state index in [0.717, 1.165) is 38.4 Å². The van der Waals surface area contributed by atoms with Crippen molar-refractivity contribution in [3.8, 4) is 0 Å². The maximum absolute atomic E-state index is 11.9. The molecule has 1 amide bonds. The SMILES string of the molecule is CN(CC1CC1)C(=O)CN1CCC(N)CC1.Cl. The lowest BCUT2D eigenvalue weighted by Crippen LogP contribution is -2.45. The lowest BCUT2D eigenvalue weighted by molar-refractivity contribution is -0.131. The van der Waals surface area contributed by atoms with Gasteiger partial charge in [0.25, 0.3) is 0 Å². The summed E-state index contributed by atoms with van der Waals surface area (Å²) in [7, 11) is 1.93. The van der Waals surface area contributed by atoms with Crippen LogP contribution in [-0.2, 0) is 4.79 Å². The molecule has 4 nitrogen and oxygen atoms in total. The Morgan fingerprint density at radius 2 is 1.88 bits per heavy atom. The molecule has 0 radical (unpaired) electrons. The molecule has 17 heavy (non-hydrogen) atoms. The Hall–Kier alpha value is -0.320. The molecule has 2 N–H and O–H groups in total. The van der Waals surface area contributed by atoms with E-state index >= 15 is 0 Å². The Balaban J connectivity index is 0.00000144. The number of carbonyl (C=O) groups is 1. The van der Waals surface area contributed by atoms with E-state index in [0.29, 0.717) is 12.6 Å². The second-order valence-corrected chi connectivity index (χ2v) is 5.33. The number of hydrogen-bond acceptors (Lipinski definition) is 3. The highest BCUT2D eigenvalue weighted by atomic mass is 35.5. The highest BCUT2D eigenvalue weighted by molar-refractivity contribution is 5.85. The van der Waals surface area contributed by atoms with Crippen LogP contribution in [0.3, 0.4) is 0 Å². The summed E-state index contributed by atoms with van der Waals surface area (Å²) in [5, 5.41) is 0. The van der Waals surface area contributed by atoms with Crippen LogP contribution in [0, 0.1) is 5.92 Å². The molecule has 5 heteroatoms. The number of likely N-dealkylation sites (tertiary alicyclic amines) is 1. The predicted molar refractivity (Wildman–Crippen MR) is 71.3 cm³/mol. The Bertz CT molecular complexity index is 250. The molecule has 1 saturated heterocycles. The number of halogens is 1. The van der Waals surface area contributed by atoms with E-state index in [9.17, 15) is 4.79 Å². The standard InChI is InChI=1S/C12H23N3O.ClH/c1-14(8-10-2-3-10)12(16)9-15-6-4-11(13)5-7-15;/h10-11H,2-9,13H2,1H3;1H. The average Bonchev–Trinajstić information content (AvgIpc) is 3.05. The molecule has 0 atom stereocenters. The van der Waals surface area contributed by atoms with Crippen LogP contribution in [0.5, 0.6) is 0 Å². The Labute approximate surface area is 110 Å². The lowest BCUT2D eigenvalue weighted by atomic mass is 10.1. The van der Waals surface area contributed by atoms with Crippen LogP contribution in [-0.4, -0.2) is 55.0 Å². The highest BCUT2D eigenvalue weighted by Crippen LogP contribution is 2.29. The van der Waals surface area contributed by atoms with Crippen molar-refractivity contribution < 1.29 is 4.79 Å². The Morgan fingerprint density at radius 3 is 2.41 bits per heavy atom. The van der Waals surface area contributed by atoms with Gasteiger partial charge in [-0.05, 0) is 31.6 Å². The fourth-order valence-corrected chi connectivity index (χ4v) is 2.21. The summed E-state index contributed by atoms with van der Waals surface area (Å²) in [5.74, 6) is 1.05. The van der Waals surface area contributed by atoms with Crippen LogP contribution in [0.1, 0.15) is 25.7 Å². The third-order valence-corrected chi connectivity index (χ3v) is 3.65. The van der Waals surface area contributed by atoms with E-state index in [2.05, 4.69) is 4.90 Å². The normalized spacial score (nSPS) is 22.0. The molecule has 0 aromatic rings. The van der Waals surface area contributed by atoms with Crippen molar-refractivity contribution >= 4 is 18.3 Å². The zero-order valence-corrected chi connectivity index (χ0v) is 11.4. The minimum atomic E-state index is 0. The number of likely N-dealkylation sites (N-methyl/N-ethyl adjacent to an activating group) is 1. The molecule has 2 rings (SSSR count). The molecule has 0 aromatic heterocycles. The summed E-state index contributed by atoms with van der Waals surface area (Å²) in [5.41, 5.74) is 5.84. The largest absolute Gasteiger partial charge is 0.344 e. The molecular weight excluding hydrogens is 238 g/mol. The van der Waals surface area contributed by atoms with Gasteiger partial charge in [0.15, 0.2) is 0 Å². The molecule has 0 spiro atoms. The molecule has 0 bridgehead atoms. The molecule has 1 aliphatic carbocycles. The van der Waals surface area contributed by atoms with Crippen molar-refractivity contribution in [1.82, 2.24) is 9.80 Å². The van der Waals surface area contributed by atoms with E-state index in [1.165, 1.54) is 12.8 Å². The highest BCUT2D eigenvalue weighted by Gasteiger charge is 2.26. The smallest absolute Gasteiger partial charge is 0.236 e. The molecule has 1 aliphatic heterocycles. The Kier molecular flexibility index (Phi) is 5.70. The number of nitrogens with zero attached hydrogens (tertiary/aromatic N) is 2. The molecule has 1 heterocycles. The summed E-state index contributed by atoms with van der Waals surface area (Å²) in [6, 6.07) is 0.343. The maximum Gasteiger partial charge on any atom is 0.236 e. The predicted octanol–water partition coefficient (Wildman–Crippen LogP) is 0.700. The topological polar surface area (TPSA) is 49.6 Å². The van der Waals surface area contributed by atoms with Gasteiger partial charge in [0, 0.05) is 32.7 Å². The van der Waals surface area contributed by atoms with Crippen LogP contribution in [0.15, 0.2) is 0 Å². The van der Waals surface area contributed by atoms with Gasteiger partial charge in [0.1, 0.15) is 0 Å². The molecule has 2 aliphatic rings. The molecule has 100 valence electrons. The molecular formula is C12H24ClN3O. The van der Waals surface area contributed by atoms with E-state index in [1.54, 1.807) is 0 Å². The first-order valence-corrected chi connectivity index (χ1v) is 6.37. The number of nitrogens with two attached hydrogens (primary N) is 1. The Morgan fingerprint density at radius 1 is 1.29 bits per heavy atom. The van der Waals surface area contributed by atoms with Gasteiger partial charge < -0.3 is 10.6 Å². The second-order valence-electron chi connectivity index (χ2n) is 5.33. The van der Waals surface area contributed by atoms with Gasteiger partial charge in [-0.25, -0.2) is 0 Å². The first kappa shape index (κ1) is 14.7. The van der Waals surface area contributed by atoms with Crippen LogP contribution in [0.2, 0.25) is 0 Å². The van der Waals surface area contributed by atoms with Gasteiger partial charge >= 0.3 is 0 Å². The van der Waals surface area contributed by atoms with Crippen molar-refractivity contribution in [3.05, 3.63) is 0 Å². The van der Waals surface area contributed by atoms with Crippen molar-refractivity contribution in [1.29, 1.82) is 0 Å². The monoisotopic (exact) mass is 261 g/mol. The minimum absolute atomic E-state index is 0. The molecule has 0 unspecified atom stereocenters. The van der Waals surface area contributed by atoms with Crippen molar-refractivity contribution in [2.45, 2.75) is 31.7 Å². The van der Waals surface area contributed by atoms with Gasteiger partial charge in [0.2, 0.25) is 5.91 Å². The van der Waals surface area contributed by atoms with Crippen LogP contribution in [0.4, 0.5) is 0 Å². The number of amides is 1. The van der Waals surface area contributed by atoms with Crippen molar-refractivity contribution in [3.63, 3.8) is 0 Å². The quantitative estimate of drug-likeness (QED) is 0.811. The minimum Gasteiger partial charge on any atom is -0.344 e. The average molecular weight is 262 g/mol. The fraction of sp³-hybridized carbons (Fsp3) is 0.917. The summed E-state index contributed by atoms with van der Waals surface area (Å²) in [6.45, 7) is 3.48. The van der Waals surface area contributed by atoms with Gasteiger partial charge in [-0.3, -0.25) is 9.69 Å². The zero-order chi connectivity index (χ0) is 11.5. The van der Waals surface area contributed by atoms with Gasteiger partial charge in [-0.2, -0.15) is 0 Å². The third-order valence-electron chi connectivity index (χ3n) is 3.65. The molecule has 0 aromatic carbocycles. The van der Waals surface area contributed by atoms with Crippen LogP contribution < -0.4 is 5.73 Å². The van der Waals surface area contributed by atoms with E-state index in [1.807, 2.05) is 11.9 Å². The fourth-order valence-electron chi connectivity index (χ4n) is 2.21. The third kappa shape index (κ3) is 4.82. The first-order valence-electron chi connectivity index (χ1n) is 6.37. The summed E-state index contributed by atoms with van der Waals surface area (Å²) in [4.78, 5) is 16.0. The number of rotatable bonds is 4. The molecule has 2 fully saturated rings. The van der Waals surface area contributed by atoms with Gasteiger partial charge in [-0.1, -0.05) is 0 Å². The van der Waals surface area contributed by atoms with Gasteiger partial charge in [0.05, 0.1) is 6.54 Å². The summed E-state index contributed by atoms with van der Waals surface area (Å²) < 4.78 is 0. The maximum atomic E-state index is 11.9. The van der Waals surface area contributed by atoms with E-state index in [-0.39, 0.29) is 18.3 Å². The number of hydrogen-bond donors (Lipinski definition) is 1. The summed E-state index contributed by atoms with van der Waals surface area (Å²) in [6.07, 6.45) is 4.66. The zero-order valence-electron chi connectivity index (χ0n) is 10.6. The van der Waals surface area contributed by atoms with Crippen LogP contribution in [0.25, 0.3) is 0 Å². The van der Waals surface area contributed by atoms with Gasteiger partial charge in [-0.15, -0.1) is 12.4 Å². The lowest BCUT2D eigenvalue weighted by Gasteiger charge is -2.30. The number of piperidine rings is 1. The first-order chi connectivity index (χ1) is 7.65. The molecule has 1 saturated carbocycles. The second kappa shape index (κ2) is 6.57.